The van der Waals surface area contributed by atoms with Gasteiger partial charge in [-0.15, -0.1) is 0 Å². The predicted molar refractivity (Wildman–Crippen MR) is 82.0 cm³/mol. The van der Waals surface area contributed by atoms with Gasteiger partial charge in [0.2, 0.25) is 0 Å². The molecular weight excluding hydrogens is 270 g/mol. The van der Waals surface area contributed by atoms with Gasteiger partial charge in [-0.1, -0.05) is 6.92 Å². The fourth-order valence-corrected chi connectivity index (χ4v) is 2.80. The van der Waals surface area contributed by atoms with E-state index >= 15 is 0 Å². The second kappa shape index (κ2) is 6.22. The van der Waals surface area contributed by atoms with Gasteiger partial charge in [-0.3, -0.25) is 19.8 Å². The summed E-state index contributed by atoms with van der Waals surface area (Å²) in [5.41, 5.74) is 1.20. The van der Waals surface area contributed by atoms with Gasteiger partial charge in [0.05, 0.1) is 4.92 Å². The number of anilines is 1. The molecule has 1 aromatic carbocycles. The number of hydrogen-bond acceptors (Lipinski definition) is 5. The first-order valence-corrected chi connectivity index (χ1v) is 7.18. The summed E-state index contributed by atoms with van der Waals surface area (Å²) in [4.78, 5) is 26.7. The van der Waals surface area contributed by atoms with Crippen LogP contribution in [0.25, 0.3) is 0 Å². The van der Waals surface area contributed by atoms with Gasteiger partial charge >= 0.3 is 0 Å². The second-order valence-corrected chi connectivity index (χ2v) is 5.50. The molecule has 1 aliphatic heterocycles. The number of likely N-dealkylation sites (N-methyl/N-ethyl adjacent to an activating group) is 1. The summed E-state index contributed by atoms with van der Waals surface area (Å²) in [6.07, 6.45) is 1.04. The van der Waals surface area contributed by atoms with Crippen LogP contribution in [-0.4, -0.2) is 48.3 Å². The fraction of sp³-hybridized carbons (Fsp3) is 0.533. The van der Waals surface area contributed by atoms with Crippen molar-refractivity contribution in [1.29, 1.82) is 0 Å². The van der Waals surface area contributed by atoms with Crippen molar-refractivity contribution >= 4 is 17.2 Å². The number of nitro benzene ring substituents is 1. The van der Waals surface area contributed by atoms with Crippen LogP contribution in [0.5, 0.6) is 0 Å². The van der Waals surface area contributed by atoms with Crippen LogP contribution in [-0.2, 0) is 0 Å². The molecule has 1 aliphatic rings. The molecule has 1 saturated heterocycles. The minimum absolute atomic E-state index is 0.0369. The van der Waals surface area contributed by atoms with E-state index in [1.807, 2.05) is 0 Å². The zero-order valence-corrected chi connectivity index (χ0v) is 12.7. The molecule has 0 bridgehead atoms. The van der Waals surface area contributed by atoms with E-state index in [0.29, 0.717) is 11.6 Å². The number of carbonyl (C=O) groups is 1. The Hall–Kier alpha value is -1.95. The Labute approximate surface area is 124 Å². The Kier molecular flexibility index (Phi) is 4.57. The molecule has 0 aliphatic carbocycles. The highest BCUT2D eigenvalue weighted by Crippen LogP contribution is 2.28. The Morgan fingerprint density at radius 3 is 2.71 bits per heavy atom. The monoisotopic (exact) mass is 291 g/mol. The van der Waals surface area contributed by atoms with Gasteiger partial charge in [0.25, 0.3) is 5.69 Å². The molecular formula is C15H21N3O3. The molecule has 0 spiro atoms. The van der Waals surface area contributed by atoms with E-state index in [2.05, 4.69) is 23.8 Å². The van der Waals surface area contributed by atoms with Crippen molar-refractivity contribution in [2.24, 2.45) is 0 Å². The largest absolute Gasteiger partial charge is 0.368 e. The molecule has 1 fully saturated rings. The van der Waals surface area contributed by atoms with Crippen molar-refractivity contribution in [3.63, 3.8) is 0 Å². The third-order valence-corrected chi connectivity index (χ3v) is 4.16. The third kappa shape index (κ3) is 3.21. The lowest BCUT2D eigenvalue weighted by Gasteiger charge is -2.40. The summed E-state index contributed by atoms with van der Waals surface area (Å²) in [7, 11) is 2.10. The van der Waals surface area contributed by atoms with Crippen LogP contribution in [0.3, 0.4) is 0 Å². The van der Waals surface area contributed by atoms with Gasteiger partial charge in [0.15, 0.2) is 5.78 Å². The van der Waals surface area contributed by atoms with E-state index in [0.717, 1.165) is 31.7 Å². The second-order valence-electron chi connectivity index (χ2n) is 5.50. The minimum atomic E-state index is -0.463. The first-order valence-electron chi connectivity index (χ1n) is 7.18. The molecule has 1 heterocycles. The Bertz CT molecular complexity index is 559. The molecule has 0 aromatic heterocycles. The zero-order chi connectivity index (χ0) is 15.6. The number of benzene rings is 1. The fourth-order valence-electron chi connectivity index (χ4n) is 2.80. The molecule has 1 unspecified atom stereocenters. The van der Waals surface area contributed by atoms with E-state index in [1.54, 1.807) is 6.07 Å². The smallest absolute Gasteiger partial charge is 0.270 e. The quantitative estimate of drug-likeness (QED) is 0.484. The molecule has 0 radical (unpaired) electrons. The topological polar surface area (TPSA) is 66.7 Å². The van der Waals surface area contributed by atoms with Gasteiger partial charge in [0, 0.05) is 49.1 Å². The van der Waals surface area contributed by atoms with Crippen molar-refractivity contribution in [2.45, 2.75) is 26.3 Å². The molecule has 6 nitrogen and oxygen atoms in total. The molecule has 1 atom stereocenters. The van der Waals surface area contributed by atoms with Crippen LogP contribution < -0.4 is 4.90 Å². The average molecular weight is 291 g/mol. The summed E-state index contributed by atoms with van der Waals surface area (Å²) in [6.45, 7) is 6.19. The van der Waals surface area contributed by atoms with Crippen molar-refractivity contribution < 1.29 is 9.72 Å². The number of ketones is 1. The van der Waals surface area contributed by atoms with Gasteiger partial charge in [-0.05, 0) is 26.5 Å². The number of non-ortho nitro benzene ring substituents is 1. The van der Waals surface area contributed by atoms with Crippen molar-refractivity contribution in [2.75, 3.05) is 31.6 Å². The summed E-state index contributed by atoms with van der Waals surface area (Å²) >= 11 is 0. The molecule has 21 heavy (non-hydrogen) atoms. The Morgan fingerprint density at radius 2 is 2.14 bits per heavy atom. The molecule has 1 aromatic rings. The lowest BCUT2D eigenvalue weighted by molar-refractivity contribution is -0.384. The normalized spacial score (nSPS) is 19.6. The lowest BCUT2D eigenvalue weighted by atomic mass is 10.0. The highest BCUT2D eigenvalue weighted by molar-refractivity contribution is 6.00. The van der Waals surface area contributed by atoms with Crippen LogP contribution in [0.2, 0.25) is 0 Å². The Balaban J connectivity index is 2.35. The molecule has 2 rings (SSSR count). The molecule has 0 amide bonds. The van der Waals surface area contributed by atoms with Crippen LogP contribution in [0, 0.1) is 10.1 Å². The van der Waals surface area contributed by atoms with Crippen molar-refractivity contribution in [3.05, 3.63) is 33.9 Å². The standard InChI is InChI=1S/C15H21N3O3/c1-4-12-10-17(8-7-16(12)3)15-6-5-13(18(20)21)9-14(15)11(2)19/h5-6,9,12H,4,7-8,10H2,1-3H3. The Morgan fingerprint density at radius 1 is 1.43 bits per heavy atom. The maximum Gasteiger partial charge on any atom is 0.270 e. The predicted octanol–water partition coefficient (Wildman–Crippen LogP) is 2.33. The van der Waals surface area contributed by atoms with E-state index in [9.17, 15) is 14.9 Å². The van der Waals surface area contributed by atoms with E-state index in [-0.39, 0.29) is 11.5 Å². The van der Waals surface area contributed by atoms with Crippen molar-refractivity contribution in [1.82, 2.24) is 4.90 Å². The van der Waals surface area contributed by atoms with Crippen LogP contribution in [0.15, 0.2) is 18.2 Å². The van der Waals surface area contributed by atoms with Gasteiger partial charge < -0.3 is 4.90 Å². The minimum Gasteiger partial charge on any atom is -0.368 e. The summed E-state index contributed by atoms with van der Waals surface area (Å²) < 4.78 is 0. The number of piperazine rings is 1. The molecule has 114 valence electrons. The van der Waals surface area contributed by atoms with Crippen LogP contribution in [0.4, 0.5) is 11.4 Å². The van der Waals surface area contributed by atoms with Gasteiger partial charge in [0.1, 0.15) is 0 Å². The van der Waals surface area contributed by atoms with Gasteiger partial charge in [-0.25, -0.2) is 0 Å². The third-order valence-electron chi connectivity index (χ3n) is 4.16. The van der Waals surface area contributed by atoms with Gasteiger partial charge in [-0.2, -0.15) is 0 Å². The highest BCUT2D eigenvalue weighted by atomic mass is 16.6. The maximum absolute atomic E-state index is 11.8. The molecule has 0 saturated carbocycles. The summed E-state index contributed by atoms with van der Waals surface area (Å²) in [5.74, 6) is -0.138. The number of Topliss-reactive ketones (excluding diaryl/α,β-unsaturated/α-hetero) is 1. The lowest BCUT2D eigenvalue weighted by Crippen LogP contribution is -2.51. The molecule has 0 N–H and O–H groups in total. The van der Waals surface area contributed by atoms with E-state index < -0.39 is 4.92 Å². The first kappa shape index (κ1) is 15.4. The zero-order valence-electron chi connectivity index (χ0n) is 12.7. The van der Waals surface area contributed by atoms with Crippen molar-refractivity contribution in [3.8, 4) is 0 Å². The summed E-state index contributed by atoms with van der Waals surface area (Å²) in [5, 5.41) is 10.9. The average Bonchev–Trinajstić information content (AvgIpc) is 2.47. The van der Waals surface area contributed by atoms with Crippen LogP contribution in [0.1, 0.15) is 30.6 Å². The van der Waals surface area contributed by atoms with E-state index in [1.165, 1.54) is 19.1 Å². The summed E-state index contributed by atoms with van der Waals surface area (Å²) in [6, 6.07) is 5.00. The first-order chi connectivity index (χ1) is 9.93. The number of hydrogen-bond donors (Lipinski definition) is 0. The number of carbonyl (C=O) groups excluding carboxylic acids is 1. The SMILES string of the molecule is CCC1CN(c2ccc([N+](=O)[O-])cc2C(C)=O)CCN1C. The number of rotatable bonds is 4. The van der Waals surface area contributed by atoms with E-state index in [4.69, 9.17) is 0 Å². The number of nitro groups is 1. The molecule has 6 heteroatoms. The van der Waals surface area contributed by atoms with Crippen LogP contribution >= 0.6 is 0 Å². The highest BCUT2D eigenvalue weighted by Gasteiger charge is 2.26. The number of nitrogens with zero attached hydrogens (tertiary/aromatic N) is 3. The maximum atomic E-state index is 11.8.